The number of ether oxygens (including phenoxy) is 1. The number of nitrogens with zero attached hydrogens (tertiary/aromatic N) is 1. The van der Waals surface area contributed by atoms with Gasteiger partial charge < -0.3 is 9.64 Å². The zero-order valence-corrected chi connectivity index (χ0v) is 15.5. The van der Waals surface area contributed by atoms with Gasteiger partial charge in [0.05, 0.1) is 6.04 Å². The molecule has 0 unspecified atom stereocenters. The molecular formula is C22H25BNO2. The summed E-state index contributed by atoms with van der Waals surface area (Å²) in [6.07, 6.45) is 2.94. The topological polar surface area (TPSA) is 29.5 Å². The first-order valence-electron chi connectivity index (χ1n) is 9.15. The van der Waals surface area contributed by atoms with Crippen molar-refractivity contribution in [1.82, 2.24) is 4.90 Å². The lowest BCUT2D eigenvalue weighted by Crippen LogP contribution is -2.48. The van der Waals surface area contributed by atoms with E-state index >= 15 is 0 Å². The number of hydrogen-bond donors (Lipinski definition) is 0. The standard InChI is InChI=1S/C22H25BNO2/c1-4-14-22(19-8-6-5-7-9-19)15-16-24(21(25)26-22)17(2)18-10-12-20(23-3)13-11-18/h4-13,17H,1,14-16H2,2-3H3/t17-,22+/m0/s1. The molecule has 2 aromatic rings. The first kappa shape index (κ1) is 18.3. The van der Waals surface area contributed by atoms with Gasteiger partial charge in [0.15, 0.2) is 0 Å². The Balaban J connectivity index is 1.80. The van der Waals surface area contributed by atoms with Crippen LogP contribution in [0.2, 0.25) is 6.82 Å². The van der Waals surface area contributed by atoms with Crippen molar-refractivity contribution >= 4 is 18.8 Å². The van der Waals surface area contributed by atoms with Gasteiger partial charge in [-0.3, -0.25) is 0 Å². The fraction of sp³-hybridized carbons (Fsp3) is 0.318. The van der Waals surface area contributed by atoms with E-state index in [-0.39, 0.29) is 12.1 Å². The fourth-order valence-corrected chi connectivity index (χ4v) is 3.61. The SMILES string of the molecule is C=CC[C@]1(c2ccccc2)CCN([C@@H](C)c2ccc([B]C)cc2)C(=O)O1. The molecule has 1 saturated heterocycles. The number of hydrogen-bond acceptors (Lipinski definition) is 2. The highest BCUT2D eigenvalue weighted by atomic mass is 16.6. The molecule has 1 fully saturated rings. The van der Waals surface area contributed by atoms with Crippen molar-refractivity contribution in [3.05, 3.63) is 78.4 Å². The van der Waals surface area contributed by atoms with Gasteiger partial charge in [-0.15, -0.1) is 6.58 Å². The van der Waals surface area contributed by atoms with Crippen LogP contribution in [-0.4, -0.2) is 24.8 Å². The van der Waals surface area contributed by atoms with Crippen LogP contribution in [0.25, 0.3) is 0 Å². The third-order valence-electron chi connectivity index (χ3n) is 5.27. The minimum Gasteiger partial charge on any atom is -0.437 e. The normalized spacial score (nSPS) is 21.0. The van der Waals surface area contributed by atoms with E-state index < -0.39 is 5.60 Å². The average Bonchev–Trinajstić information content (AvgIpc) is 2.68. The van der Waals surface area contributed by atoms with Gasteiger partial charge in [-0.2, -0.15) is 0 Å². The van der Waals surface area contributed by atoms with Gasteiger partial charge in [0.1, 0.15) is 12.9 Å². The molecule has 26 heavy (non-hydrogen) atoms. The lowest BCUT2D eigenvalue weighted by molar-refractivity contribution is -0.0588. The first-order valence-corrected chi connectivity index (χ1v) is 9.15. The summed E-state index contributed by atoms with van der Waals surface area (Å²) in [5.41, 5.74) is 2.71. The molecule has 1 aliphatic heterocycles. The Bertz CT molecular complexity index is 759. The minimum atomic E-state index is -0.614. The molecule has 0 aliphatic carbocycles. The van der Waals surface area contributed by atoms with Crippen LogP contribution in [0.3, 0.4) is 0 Å². The van der Waals surface area contributed by atoms with Crippen molar-refractivity contribution in [3.63, 3.8) is 0 Å². The summed E-state index contributed by atoms with van der Waals surface area (Å²) in [5, 5.41) is 0. The maximum absolute atomic E-state index is 12.9. The predicted octanol–water partition coefficient (Wildman–Crippen LogP) is 4.44. The van der Waals surface area contributed by atoms with E-state index in [0.717, 1.165) is 17.5 Å². The Morgan fingerprint density at radius 1 is 1.23 bits per heavy atom. The highest BCUT2D eigenvalue weighted by molar-refractivity contribution is 6.51. The van der Waals surface area contributed by atoms with Gasteiger partial charge in [-0.1, -0.05) is 73.0 Å². The van der Waals surface area contributed by atoms with Gasteiger partial charge in [0.2, 0.25) is 0 Å². The van der Waals surface area contributed by atoms with Gasteiger partial charge in [0, 0.05) is 19.4 Å². The van der Waals surface area contributed by atoms with Gasteiger partial charge >= 0.3 is 6.09 Å². The lowest BCUT2D eigenvalue weighted by Gasteiger charge is -2.43. The van der Waals surface area contributed by atoms with Crippen molar-refractivity contribution in [2.24, 2.45) is 0 Å². The quantitative estimate of drug-likeness (QED) is 0.572. The molecule has 1 radical (unpaired) electrons. The van der Waals surface area contributed by atoms with Crippen molar-refractivity contribution in [2.75, 3.05) is 6.54 Å². The number of rotatable bonds is 6. The summed E-state index contributed by atoms with van der Waals surface area (Å²) >= 11 is 0. The summed E-state index contributed by atoms with van der Waals surface area (Å²) in [6, 6.07) is 18.3. The van der Waals surface area contributed by atoms with Crippen LogP contribution in [0.4, 0.5) is 4.79 Å². The second-order valence-corrected chi connectivity index (χ2v) is 6.80. The predicted molar refractivity (Wildman–Crippen MR) is 107 cm³/mol. The van der Waals surface area contributed by atoms with Crippen molar-refractivity contribution < 1.29 is 9.53 Å². The highest BCUT2D eigenvalue weighted by Gasteiger charge is 2.42. The summed E-state index contributed by atoms with van der Waals surface area (Å²) in [5.74, 6) is 0. The average molecular weight is 346 g/mol. The van der Waals surface area contributed by atoms with E-state index in [0.29, 0.717) is 13.0 Å². The van der Waals surface area contributed by atoms with E-state index in [1.54, 1.807) is 0 Å². The van der Waals surface area contributed by atoms with Crippen molar-refractivity contribution in [2.45, 2.75) is 38.2 Å². The Kier molecular flexibility index (Phi) is 5.50. The third-order valence-corrected chi connectivity index (χ3v) is 5.27. The monoisotopic (exact) mass is 346 g/mol. The zero-order valence-electron chi connectivity index (χ0n) is 15.5. The van der Waals surface area contributed by atoms with Gasteiger partial charge in [-0.05, 0) is 18.1 Å². The molecule has 4 heteroatoms. The highest BCUT2D eigenvalue weighted by Crippen LogP contribution is 2.39. The molecule has 2 aromatic carbocycles. The summed E-state index contributed by atoms with van der Waals surface area (Å²) in [4.78, 5) is 14.7. The molecule has 0 N–H and O–H groups in total. The van der Waals surface area contributed by atoms with E-state index in [2.05, 4.69) is 45.0 Å². The fourth-order valence-electron chi connectivity index (χ4n) is 3.61. The van der Waals surface area contributed by atoms with Crippen LogP contribution in [0.5, 0.6) is 0 Å². The second kappa shape index (κ2) is 7.82. The molecule has 0 aromatic heterocycles. The van der Waals surface area contributed by atoms with E-state index in [1.807, 2.05) is 48.1 Å². The number of amides is 1. The molecule has 1 heterocycles. The van der Waals surface area contributed by atoms with E-state index in [4.69, 9.17) is 4.74 Å². The zero-order chi connectivity index (χ0) is 18.6. The second-order valence-electron chi connectivity index (χ2n) is 6.80. The van der Waals surface area contributed by atoms with Crippen LogP contribution in [0, 0.1) is 0 Å². The van der Waals surface area contributed by atoms with Crippen LogP contribution >= 0.6 is 0 Å². The minimum absolute atomic E-state index is 0.0223. The Morgan fingerprint density at radius 3 is 2.50 bits per heavy atom. The molecule has 133 valence electrons. The molecule has 0 spiro atoms. The molecule has 1 aliphatic rings. The van der Waals surface area contributed by atoms with Crippen molar-refractivity contribution in [1.29, 1.82) is 0 Å². The molecular weight excluding hydrogens is 321 g/mol. The smallest absolute Gasteiger partial charge is 0.411 e. The number of benzene rings is 2. The molecule has 0 bridgehead atoms. The lowest BCUT2D eigenvalue weighted by atomic mass is 9.73. The Labute approximate surface area is 156 Å². The summed E-state index contributed by atoms with van der Waals surface area (Å²) in [6.45, 7) is 8.59. The summed E-state index contributed by atoms with van der Waals surface area (Å²) < 4.78 is 6.01. The largest absolute Gasteiger partial charge is 0.437 e. The van der Waals surface area contributed by atoms with Crippen LogP contribution in [0.15, 0.2) is 67.3 Å². The Hall–Kier alpha value is -2.49. The number of carbonyl (C=O) groups is 1. The number of cyclic esters (lactones) is 1. The first-order chi connectivity index (χ1) is 12.6. The van der Waals surface area contributed by atoms with Gasteiger partial charge in [0.25, 0.3) is 0 Å². The van der Waals surface area contributed by atoms with E-state index in [1.165, 1.54) is 5.46 Å². The maximum Gasteiger partial charge on any atom is 0.411 e. The molecule has 2 atom stereocenters. The number of carbonyl (C=O) groups excluding carboxylic acids is 1. The Morgan fingerprint density at radius 2 is 1.92 bits per heavy atom. The summed E-state index contributed by atoms with van der Waals surface area (Å²) in [7, 11) is 2.06. The van der Waals surface area contributed by atoms with Gasteiger partial charge in [-0.25, -0.2) is 4.79 Å². The molecule has 0 saturated carbocycles. The molecule has 1 amide bonds. The van der Waals surface area contributed by atoms with Crippen LogP contribution < -0.4 is 5.46 Å². The molecule has 3 rings (SSSR count). The third kappa shape index (κ3) is 3.55. The van der Waals surface area contributed by atoms with E-state index in [9.17, 15) is 4.79 Å². The van der Waals surface area contributed by atoms with Crippen LogP contribution in [0.1, 0.15) is 36.9 Å². The maximum atomic E-state index is 12.9. The molecule has 3 nitrogen and oxygen atoms in total. The van der Waals surface area contributed by atoms with Crippen LogP contribution in [-0.2, 0) is 10.3 Å². The van der Waals surface area contributed by atoms with Crippen molar-refractivity contribution in [3.8, 4) is 0 Å².